The molecule has 5 rings (SSSR count). The van der Waals surface area contributed by atoms with Gasteiger partial charge in [0.1, 0.15) is 11.9 Å². The molecule has 1 atom stereocenters. The number of carbonyl (C=O) groups excluding carboxylic acids is 2. The summed E-state index contributed by atoms with van der Waals surface area (Å²) in [6.45, 7) is 4.46. The maximum Gasteiger partial charge on any atom is 0.490 e. The van der Waals surface area contributed by atoms with Crippen LogP contribution < -0.4 is 4.74 Å². The third-order valence-electron chi connectivity index (χ3n) is 8.22. The zero-order valence-corrected chi connectivity index (χ0v) is 22.5. The number of para-hydroxylation sites is 1. The lowest BCUT2D eigenvalue weighted by Crippen LogP contribution is -2.57. The number of carbonyl (C=O) groups is 2. The molecule has 2 saturated heterocycles. The molecule has 0 aromatic heterocycles. The molecule has 0 radical (unpaired) electrons. The Kier molecular flexibility index (Phi) is 8.03. The van der Waals surface area contributed by atoms with Crippen molar-refractivity contribution in [1.29, 1.82) is 0 Å². The van der Waals surface area contributed by atoms with Crippen molar-refractivity contribution in [2.45, 2.75) is 45.0 Å². The second-order valence-corrected chi connectivity index (χ2v) is 10.6. The Morgan fingerprint density at radius 2 is 1.60 bits per heavy atom. The van der Waals surface area contributed by atoms with E-state index in [-0.39, 0.29) is 12.5 Å². The number of rotatable bonds is 6. The van der Waals surface area contributed by atoms with Crippen LogP contribution >= 0.6 is 0 Å². The first kappa shape index (κ1) is 28.0. The summed E-state index contributed by atoms with van der Waals surface area (Å²) >= 11 is 0. The minimum absolute atomic E-state index is 0.102. The Morgan fingerprint density at radius 1 is 0.925 bits per heavy atom. The molecule has 2 aliphatic heterocycles. The lowest BCUT2D eigenvalue weighted by Gasteiger charge is -2.51. The Morgan fingerprint density at radius 3 is 2.33 bits per heavy atom. The van der Waals surface area contributed by atoms with E-state index in [1.54, 1.807) is 4.90 Å². The molecule has 0 aliphatic carbocycles. The second-order valence-electron chi connectivity index (χ2n) is 10.6. The molecule has 40 heavy (non-hydrogen) atoms. The molecule has 3 aromatic carbocycles. The molecule has 6 nitrogen and oxygen atoms in total. The Bertz CT molecular complexity index is 1370. The van der Waals surface area contributed by atoms with Crippen LogP contribution in [0.25, 0.3) is 10.8 Å². The van der Waals surface area contributed by atoms with Gasteiger partial charge in [-0.1, -0.05) is 48.5 Å². The maximum atomic E-state index is 13.3. The van der Waals surface area contributed by atoms with Gasteiger partial charge >= 0.3 is 12.1 Å². The minimum Gasteiger partial charge on any atom is -0.494 e. The first-order chi connectivity index (χ1) is 19.2. The van der Waals surface area contributed by atoms with Crippen molar-refractivity contribution in [3.63, 3.8) is 0 Å². The van der Waals surface area contributed by atoms with E-state index >= 15 is 0 Å². The molecule has 2 heterocycles. The first-order valence-electron chi connectivity index (χ1n) is 13.7. The fourth-order valence-corrected chi connectivity index (χ4v) is 5.97. The van der Waals surface area contributed by atoms with Gasteiger partial charge in [0.2, 0.25) is 0 Å². The summed E-state index contributed by atoms with van der Waals surface area (Å²) in [6.07, 6.45) is -4.51. The van der Waals surface area contributed by atoms with Crippen LogP contribution in [0.1, 0.15) is 42.1 Å². The fraction of sp³-hybridized carbons (Fsp3) is 0.419. The summed E-state index contributed by atoms with van der Waals surface area (Å²) in [4.78, 5) is 29.1. The van der Waals surface area contributed by atoms with E-state index < -0.39 is 23.7 Å². The number of benzene rings is 3. The van der Waals surface area contributed by atoms with Gasteiger partial charge in [0, 0.05) is 42.7 Å². The van der Waals surface area contributed by atoms with Crippen molar-refractivity contribution in [1.82, 2.24) is 9.80 Å². The molecule has 212 valence electrons. The van der Waals surface area contributed by atoms with Crippen LogP contribution in [-0.2, 0) is 16.1 Å². The minimum atomic E-state index is -5.07. The van der Waals surface area contributed by atoms with Crippen LogP contribution in [0.5, 0.6) is 5.75 Å². The number of fused-ring (bicyclic) bond motifs is 1. The first-order valence-corrected chi connectivity index (χ1v) is 13.7. The molecular weight excluding hydrogens is 521 g/mol. The Hall–Kier alpha value is -3.59. The number of piperidine rings is 2. The van der Waals surface area contributed by atoms with Gasteiger partial charge < -0.3 is 14.4 Å². The summed E-state index contributed by atoms with van der Waals surface area (Å²) in [5.41, 5.74) is 0.881. The van der Waals surface area contributed by atoms with E-state index in [1.807, 2.05) is 78.6 Å². The van der Waals surface area contributed by atoms with Gasteiger partial charge in [0.05, 0.1) is 6.61 Å². The average Bonchev–Trinajstić information content (AvgIpc) is 2.95. The highest BCUT2D eigenvalue weighted by Gasteiger charge is 2.51. The number of ether oxygens (including phenoxy) is 2. The second kappa shape index (κ2) is 11.5. The Labute approximate surface area is 231 Å². The quantitative estimate of drug-likeness (QED) is 0.359. The third-order valence-corrected chi connectivity index (χ3v) is 8.22. The van der Waals surface area contributed by atoms with Crippen molar-refractivity contribution in [2.24, 2.45) is 5.41 Å². The largest absolute Gasteiger partial charge is 0.494 e. The normalized spacial score (nSPS) is 19.5. The number of hydrogen-bond acceptors (Lipinski definition) is 5. The molecule has 3 aromatic rings. The predicted molar refractivity (Wildman–Crippen MR) is 145 cm³/mol. The number of esters is 1. The standard InChI is InChI=1S/C31H33F3N2O4/c1-2-39-26-10-6-5-9-25(26)20-35-16-13-30(27(21-35)40-29(38)31(32,33)34)14-17-36(18-15-30)28(37)24-12-11-22-7-3-4-8-23(22)19-24/h3-12,19,27H,2,13-18,20-21H2,1H3. The Balaban J connectivity index is 1.31. The van der Waals surface area contributed by atoms with E-state index in [0.29, 0.717) is 57.6 Å². The number of alkyl halides is 3. The van der Waals surface area contributed by atoms with Gasteiger partial charge in [0.15, 0.2) is 0 Å². The molecular formula is C31H33F3N2O4. The topological polar surface area (TPSA) is 59.1 Å². The van der Waals surface area contributed by atoms with Crippen molar-refractivity contribution in [3.8, 4) is 5.75 Å². The molecule has 1 unspecified atom stereocenters. The number of nitrogens with zero attached hydrogens (tertiary/aromatic N) is 2. The molecule has 9 heteroatoms. The zero-order valence-electron chi connectivity index (χ0n) is 22.5. The van der Waals surface area contributed by atoms with Crippen LogP contribution in [0.4, 0.5) is 13.2 Å². The number of halogens is 3. The summed E-state index contributed by atoms with van der Waals surface area (Å²) < 4.78 is 50.7. The van der Waals surface area contributed by atoms with E-state index in [0.717, 1.165) is 22.1 Å². The molecule has 0 bridgehead atoms. The highest BCUT2D eigenvalue weighted by molar-refractivity contribution is 5.98. The van der Waals surface area contributed by atoms with Crippen LogP contribution in [0.2, 0.25) is 0 Å². The van der Waals surface area contributed by atoms with Gasteiger partial charge in [-0.25, -0.2) is 4.79 Å². The van der Waals surface area contributed by atoms with Crippen molar-refractivity contribution >= 4 is 22.6 Å². The zero-order chi connectivity index (χ0) is 28.3. The van der Waals surface area contributed by atoms with Crippen molar-refractivity contribution in [3.05, 3.63) is 77.9 Å². The maximum absolute atomic E-state index is 13.3. The molecule has 0 saturated carbocycles. The highest BCUT2D eigenvalue weighted by atomic mass is 19.4. The van der Waals surface area contributed by atoms with Crippen LogP contribution in [0.15, 0.2) is 66.7 Å². The predicted octanol–water partition coefficient (Wildman–Crippen LogP) is 5.84. The van der Waals surface area contributed by atoms with Gasteiger partial charge in [-0.3, -0.25) is 9.69 Å². The van der Waals surface area contributed by atoms with Crippen LogP contribution in [0, 0.1) is 5.41 Å². The van der Waals surface area contributed by atoms with Gasteiger partial charge in [-0.2, -0.15) is 13.2 Å². The SMILES string of the molecule is CCOc1ccccc1CN1CCC2(CCN(C(=O)c3ccc4ccccc4c3)CC2)C(OC(=O)C(F)(F)F)C1. The summed E-state index contributed by atoms with van der Waals surface area (Å²) in [7, 11) is 0. The number of hydrogen-bond donors (Lipinski definition) is 0. The van der Waals surface area contributed by atoms with E-state index in [4.69, 9.17) is 9.47 Å². The number of amides is 1. The lowest BCUT2D eigenvalue weighted by atomic mass is 9.69. The summed E-state index contributed by atoms with van der Waals surface area (Å²) in [5.74, 6) is -1.54. The van der Waals surface area contributed by atoms with Gasteiger partial charge in [-0.15, -0.1) is 0 Å². The average molecular weight is 555 g/mol. The van der Waals surface area contributed by atoms with E-state index in [2.05, 4.69) is 0 Å². The van der Waals surface area contributed by atoms with Crippen LogP contribution in [0.3, 0.4) is 0 Å². The number of likely N-dealkylation sites (tertiary alicyclic amines) is 2. The summed E-state index contributed by atoms with van der Waals surface area (Å²) in [6, 6.07) is 21.0. The van der Waals surface area contributed by atoms with Gasteiger partial charge in [0.25, 0.3) is 5.91 Å². The van der Waals surface area contributed by atoms with E-state index in [9.17, 15) is 22.8 Å². The van der Waals surface area contributed by atoms with Crippen molar-refractivity contribution in [2.75, 3.05) is 32.8 Å². The van der Waals surface area contributed by atoms with Crippen LogP contribution in [-0.4, -0.2) is 66.7 Å². The lowest BCUT2D eigenvalue weighted by molar-refractivity contribution is -0.216. The molecule has 1 amide bonds. The van der Waals surface area contributed by atoms with E-state index in [1.165, 1.54) is 0 Å². The monoisotopic (exact) mass is 554 g/mol. The molecule has 2 fully saturated rings. The smallest absolute Gasteiger partial charge is 0.490 e. The molecule has 1 spiro atoms. The van der Waals surface area contributed by atoms with Gasteiger partial charge in [-0.05, 0) is 61.7 Å². The summed E-state index contributed by atoms with van der Waals surface area (Å²) in [5, 5.41) is 2.01. The third kappa shape index (κ3) is 5.94. The molecule has 0 N–H and O–H groups in total. The highest BCUT2D eigenvalue weighted by Crippen LogP contribution is 2.44. The van der Waals surface area contributed by atoms with Crippen molar-refractivity contribution < 1.29 is 32.2 Å². The fourth-order valence-electron chi connectivity index (χ4n) is 5.97. The molecule has 2 aliphatic rings.